The van der Waals surface area contributed by atoms with Gasteiger partial charge in [0.15, 0.2) is 0 Å². The van der Waals surface area contributed by atoms with Gasteiger partial charge in [-0.25, -0.2) is 0 Å². The molecule has 19 heavy (non-hydrogen) atoms. The number of nitrogen functional groups attached to an aromatic ring is 1. The summed E-state index contributed by atoms with van der Waals surface area (Å²) in [5.74, 6) is -0.565. The number of carbonyl (C=O) groups is 1. The molecule has 2 aromatic rings. The highest BCUT2D eigenvalue weighted by Gasteiger charge is 2.22. The Hall–Kier alpha value is -2.89. The molecule has 0 fully saturated rings. The molecular formula is C13H11N3O3. The molecule has 0 atom stereocenters. The first-order chi connectivity index (χ1) is 9.09. The first kappa shape index (κ1) is 12.6. The minimum absolute atomic E-state index is 0.0364. The largest absolute Gasteiger partial charge is 0.393 e. The quantitative estimate of drug-likeness (QED) is 0.501. The number of anilines is 2. The Kier molecular flexibility index (Phi) is 3.42. The summed E-state index contributed by atoms with van der Waals surface area (Å²) < 4.78 is 0. The lowest BCUT2D eigenvalue weighted by Crippen LogP contribution is -2.14. The summed E-state index contributed by atoms with van der Waals surface area (Å²) >= 11 is 0. The van der Waals surface area contributed by atoms with Crippen LogP contribution in [0.5, 0.6) is 0 Å². The summed E-state index contributed by atoms with van der Waals surface area (Å²) in [6.45, 7) is 0. The van der Waals surface area contributed by atoms with E-state index in [1.165, 1.54) is 18.2 Å². The van der Waals surface area contributed by atoms with Crippen LogP contribution in [0.15, 0.2) is 48.5 Å². The lowest BCUT2D eigenvalue weighted by molar-refractivity contribution is -0.384. The second kappa shape index (κ2) is 5.18. The summed E-state index contributed by atoms with van der Waals surface area (Å²) in [5, 5.41) is 13.5. The van der Waals surface area contributed by atoms with Gasteiger partial charge in [-0.05, 0) is 24.3 Å². The van der Waals surface area contributed by atoms with Gasteiger partial charge in [0.1, 0.15) is 11.3 Å². The van der Waals surface area contributed by atoms with Crippen molar-refractivity contribution >= 4 is 23.0 Å². The molecule has 2 aromatic carbocycles. The number of carbonyl (C=O) groups excluding carboxylic acids is 1. The van der Waals surface area contributed by atoms with E-state index in [0.717, 1.165) is 0 Å². The molecule has 0 saturated carbocycles. The molecule has 0 spiro atoms. The molecule has 0 aliphatic carbocycles. The molecule has 0 saturated heterocycles. The fourth-order valence-electron chi connectivity index (χ4n) is 1.67. The van der Waals surface area contributed by atoms with E-state index in [4.69, 9.17) is 5.73 Å². The van der Waals surface area contributed by atoms with Crippen LogP contribution < -0.4 is 11.1 Å². The van der Waals surface area contributed by atoms with Crippen molar-refractivity contribution in [1.82, 2.24) is 0 Å². The predicted molar refractivity (Wildman–Crippen MR) is 71.9 cm³/mol. The molecule has 0 aromatic heterocycles. The number of benzene rings is 2. The Morgan fingerprint density at radius 1 is 1.11 bits per heavy atom. The highest BCUT2D eigenvalue weighted by molar-refractivity contribution is 6.08. The van der Waals surface area contributed by atoms with Crippen LogP contribution >= 0.6 is 0 Å². The van der Waals surface area contributed by atoms with Gasteiger partial charge >= 0.3 is 5.69 Å². The van der Waals surface area contributed by atoms with Crippen molar-refractivity contribution in [2.24, 2.45) is 0 Å². The van der Waals surface area contributed by atoms with Crippen molar-refractivity contribution in [3.05, 3.63) is 64.2 Å². The zero-order valence-electron chi connectivity index (χ0n) is 9.87. The highest BCUT2D eigenvalue weighted by Crippen LogP contribution is 2.26. The molecule has 6 heteroatoms. The van der Waals surface area contributed by atoms with Crippen molar-refractivity contribution < 1.29 is 9.72 Å². The van der Waals surface area contributed by atoms with Gasteiger partial charge in [-0.15, -0.1) is 0 Å². The number of rotatable bonds is 3. The molecule has 0 unspecified atom stereocenters. The van der Waals surface area contributed by atoms with Crippen LogP contribution in [0.3, 0.4) is 0 Å². The Morgan fingerprint density at radius 3 is 2.42 bits per heavy atom. The Morgan fingerprint density at radius 2 is 1.79 bits per heavy atom. The van der Waals surface area contributed by atoms with Gasteiger partial charge in [0, 0.05) is 5.69 Å². The number of para-hydroxylation sites is 2. The fraction of sp³-hybridized carbons (Fsp3) is 0. The van der Waals surface area contributed by atoms with Crippen LogP contribution in [-0.2, 0) is 0 Å². The molecule has 6 nitrogen and oxygen atoms in total. The SMILES string of the molecule is Nc1cccc(C(=O)Nc2ccccc2)c1[N+](=O)[O-]. The number of nitro groups is 1. The summed E-state index contributed by atoms with van der Waals surface area (Å²) in [5.41, 5.74) is 5.61. The second-order valence-electron chi connectivity index (χ2n) is 3.82. The van der Waals surface area contributed by atoms with E-state index in [1.54, 1.807) is 30.3 Å². The third-order valence-electron chi connectivity index (χ3n) is 2.53. The van der Waals surface area contributed by atoms with Gasteiger partial charge in [-0.2, -0.15) is 0 Å². The Labute approximate surface area is 109 Å². The first-order valence-corrected chi connectivity index (χ1v) is 5.49. The maximum absolute atomic E-state index is 12.0. The number of nitro benzene ring substituents is 1. The van der Waals surface area contributed by atoms with E-state index >= 15 is 0 Å². The molecule has 0 aliphatic heterocycles. The second-order valence-corrected chi connectivity index (χ2v) is 3.82. The van der Waals surface area contributed by atoms with Gasteiger partial charge < -0.3 is 11.1 Å². The maximum Gasteiger partial charge on any atom is 0.304 e. The number of amides is 1. The minimum Gasteiger partial charge on any atom is -0.393 e. The summed E-state index contributed by atoms with van der Waals surface area (Å²) in [4.78, 5) is 22.3. The topological polar surface area (TPSA) is 98.3 Å². The number of nitrogens with one attached hydrogen (secondary N) is 1. The van der Waals surface area contributed by atoms with Gasteiger partial charge in [-0.3, -0.25) is 14.9 Å². The Balaban J connectivity index is 2.35. The molecule has 0 radical (unpaired) electrons. The molecule has 0 heterocycles. The minimum atomic E-state index is -0.658. The van der Waals surface area contributed by atoms with E-state index in [-0.39, 0.29) is 16.9 Å². The van der Waals surface area contributed by atoms with Crippen LogP contribution in [0.2, 0.25) is 0 Å². The summed E-state index contributed by atoms with van der Waals surface area (Å²) in [7, 11) is 0. The van der Waals surface area contributed by atoms with Crippen molar-refractivity contribution in [3.63, 3.8) is 0 Å². The normalized spacial score (nSPS) is 9.89. The fourth-order valence-corrected chi connectivity index (χ4v) is 1.67. The highest BCUT2D eigenvalue weighted by atomic mass is 16.6. The van der Waals surface area contributed by atoms with Crippen molar-refractivity contribution in [2.75, 3.05) is 11.1 Å². The predicted octanol–water partition coefficient (Wildman–Crippen LogP) is 2.43. The van der Waals surface area contributed by atoms with Gasteiger partial charge in [0.2, 0.25) is 0 Å². The average Bonchev–Trinajstić information content (AvgIpc) is 2.39. The lowest BCUT2D eigenvalue weighted by atomic mass is 10.1. The summed E-state index contributed by atoms with van der Waals surface area (Å²) in [6.07, 6.45) is 0. The first-order valence-electron chi connectivity index (χ1n) is 5.49. The number of hydrogen-bond donors (Lipinski definition) is 2. The van der Waals surface area contributed by atoms with Crippen molar-refractivity contribution in [1.29, 1.82) is 0 Å². The third-order valence-corrected chi connectivity index (χ3v) is 2.53. The zero-order valence-corrected chi connectivity index (χ0v) is 9.87. The molecule has 0 bridgehead atoms. The van der Waals surface area contributed by atoms with Gasteiger partial charge in [0.25, 0.3) is 5.91 Å². The molecule has 0 aliphatic rings. The van der Waals surface area contributed by atoms with E-state index in [9.17, 15) is 14.9 Å². The third kappa shape index (κ3) is 2.68. The van der Waals surface area contributed by atoms with Crippen LogP contribution in [0, 0.1) is 10.1 Å². The average molecular weight is 257 g/mol. The molecule has 1 amide bonds. The van der Waals surface area contributed by atoms with Crippen LogP contribution in [0.4, 0.5) is 17.1 Å². The lowest BCUT2D eigenvalue weighted by Gasteiger charge is -2.06. The van der Waals surface area contributed by atoms with E-state index in [0.29, 0.717) is 5.69 Å². The zero-order chi connectivity index (χ0) is 13.8. The van der Waals surface area contributed by atoms with Crippen LogP contribution in [0.1, 0.15) is 10.4 Å². The van der Waals surface area contributed by atoms with Crippen LogP contribution in [0.25, 0.3) is 0 Å². The number of nitrogens with two attached hydrogens (primary N) is 1. The monoisotopic (exact) mass is 257 g/mol. The summed E-state index contributed by atoms with van der Waals surface area (Å²) in [6, 6.07) is 12.9. The Bertz CT molecular complexity index is 626. The smallest absolute Gasteiger partial charge is 0.304 e. The molecular weight excluding hydrogens is 246 g/mol. The van der Waals surface area contributed by atoms with E-state index in [1.807, 2.05) is 0 Å². The van der Waals surface area contributed by atoms with Crippen molar-refractivity contribution in [3.8, 4) is 0 Å². The van der Waals surface area contributed by atoms with Crippen molar-refractivity contribution in [2.45, 2.75) is 0 Å². The van der Waals surface area contributed by atoms with Gasteiger partial charge in [0.05, 0.1) is 4.92 Å². The molecule has 3 N–H and O–H groups in total. The standard InChI is InChI=1S/C13H11N3O3/c14-11-8-4-7-10(12(11)16(18)19)13(17)15-9-5-2-1-3-6-9/h1-8H,14H2,(H,15,17). The van der Waals surface area contributed by atoms with E-state index < -0.39 is 10.8 Å². The van der Waals surface area contributed by atoms with E-state index in [2.05, 4.69) is 5.32 Å². The number of hydrogen-bond acceptors (Lipinski definition) is 4. The molecule has 96 valence electrons. The molecule has 2 rings (SSSR count). The van der Waals surface area contributed by atoms with Gasteiger partial charge in [-0.1, -0.05) is 24.3 Å². The van der Waals surface area contributed by atoms with Crippen LogP contribution in [-0.4, -0.2) is 10.8 Å². The maximum atomic E-state index is 12.0. The number of nitrogens with zero attached hydrogens (tertiary/aromatic N) is 1.